The molecule has 0 aliphatic carbocycles. The van der Waals surface area contributed by atoms with E-state index in [1.165, 1.54) is 6.42 Å². The molecule has 1 fully saturated rings. The van der Waals surface area contributed by atoms with Crippen molar-refractivity contribution < 1.29 is 14.6 Å². The standard InChI is InChI=1S/C12H17NO3/c1-9-5-6-13(11(9)12(14)15)8-10-4-2-3-7-16-10/h5-6,10H,2-4,7-8H2,1H3,(H,14,15). The summed E-state index contributed by atoms with van der Waals surface area (Å²) in [6.45, 7) is 3.27. The predicted molar refractivity (Wildman–Crippen MR) is 59.7 cm³/mol. The second kappa shape index (κ2) is 4.70. The highest BCUT2D eigenvalue weighted by Crippen LogP contribution is 2.17. The lowest BCUT2D eigenvalue weighted by atomic mass is 10.1. The molecule has 1 aliphatic heterocycles. The van der Waals surface area contributed by atoms with Gasteiger partial charge in [0, 0.05) is 19.3 Å². The second-order valence-electron chi connectivity index (χ2n) is 4.29. The van der Waals surface area contributed by atoms with Crippen LogP contribution in [0.5, 0.6) is 0 Å². The second-order valence-corrected chi connectivity index (χ2v) is 4.29. The van der Waals surface area contributed by atoms with E-state index in [0.29, 0.717) is 12.2 Å². The molecule has 0 spiro atoms. The Hall–Kier alpha value is -1.29. The number of ether oxygens (including phenoxy) is 1. The van der Waals surface area contributed by atoms with Gasteiger partial charge in [0.1, 0.15) is 5.69 Å². The summed E-state index contributed by atoms with van der Waals surface area (Å²) in [4.78, 5) is 11.1. The number of hydrogen-bond donors (Lipinski definition) is 1. The molecular weight excluding hydrogens is 206 g/mol. The Morgan fingerprint density at radius 2 is 2.44 bits per heavy atom. The summed E-state index contributed by atoms with van der Waals surface area (Å²) in [5.74, 6) is -0.863. The fourth-order valence-electron chi connectivity index (χ4n) is 2.20. The molecule has 2 heterocycles. The molecule has 88 valence electrons. The van der Waals surface area contributed by atoms with Gasteiger partial charge in [0.25, 0.3) is 0 Å². The summed E-state index contributed by atoms with van der Waals surface area (Å²) in [6.07, 6.45) is 5.31. The fraction of sp³-hybridized carbons (Fsp3) is 0.583. The van der Waals surface area contributed by atoms with E-state index in [1.54, 1.807) is 4.57 Å². The number of carboxylic acids is 1. The van der Waals surface area contributed by atoms with Gasteiger partial charge >= 0.3 is 5.97 Å². The third-order valence-electron chi connectivity index (χ3n) is 3.04. The first-order valence-electron chi connectivity index (χ1n) is 5.69. The van der Waals surface area contributed by atoms with Crippen LogP contribution in [0.3, 0.4) is 0 Å². The minimum absolute atomic E-state index is 0.165. The average molecular weight is 223 g/mol. The summed E-state index contributed by atoms with van der Waals surface area (Å²) in [7, 11) is 0. The smallest absolute Gasteiger partial charge is 0.352 e. The first-order chi connectivity index (χ1) is 7.68. The van der Waals surface area contributed by atoms with E-state index in [0.717, 1.165) is 25.0 Å². The third-order valence-corrected chi connectivity index (χ3v) is 3.04. The Morgan fingerprint density at radius 1 is 1.62 bits per heavy atom. The third kappa shape index (κ3) is 2.27. The van der Waals surface area contributed by atoms with E-state index in [9.17, 15) is 4.79 Å². The molecule has 1 aliphatic rings. The van der Waals surface area contributed by atoms with Crippen LogP contribution in [-0.4, -0.2) is 28.4 Å². The Morgan fingerprint density at radius 3 is 3.06 bits per heavy atom. The van der Waals surface area contributed by atoms with Gasteiger partial charge in [0.2, 0.25) is 0 Å². The SMILES string of the molecule is Cc1ccn(CC2CCCCO2)c1C(=O)O. The van der Waals surface area contributed by atoms with E-state index in [1.807, 2.05) is 19.2 Å². The predicted octanol–water partition coefficient (Wildman–Crippen LogP) is 2.06. The summed E-state index contributed by atoms with van der Waals surface area (Å²) in [5.41, 5.74) is 1.19. The normalized spacial score (nSPS) is 20.9. The van der Waals surface area contributed by atoms with Crippen LogP contribution >= 0.6 is 0 Å². The van der Waals surface area contributed by atoms with Crippen LogP contribution in [0.1, 0.15) is 35.3 Å². The van der Waals surface area contributed by atoms with Crippen LogP contribution in [0.4, 0.5) is 0 Å². The molecule has 2 rings (SSSR count). The molecule has 1 saturated heterocycles. The lowest BCUT2D eigenvalue weighted by Crippen LogP contribution is -2.25. The summed E-state index contributed by atoms with van der Waals surface area (Å²) in [6, 6.07) is 1.84. The highest BCUT2D eigenvalue weighted by atomic mass is 16.5. The van der Waals surface area contributed by atoms with Gasteiger partial charge in [-0.1, -0.05) is 0 Å². The largest absolute Gasteiger partial charge is 0.477 e. The topological polar surface area (TPSA) is 51.5 Å². The molecule has 0 amide bonds. The molecule has 0 saturated carbocycles. The van der Waals surface area contributed by atoms with Crippen LogP contribution in [0.2, 0.25) is 0 Å². The molecule has 1 aromatic heterocycles. The van der Waals surface area contributed by atoms with Crippen molar-refractivity contribution in [3.63, 3.8) is 0 Å². The monoisotopic (exact) mass is 223 g/mol. The molecule has 1 atom stereocenters. The lowest BCUT2D eigenvalue weighted by Gasteiger charge is -2.23. The fourth-order valence-corrected chi connectivity index (χ4v) is 2.20. The number of aryl methyl sites for hydroxylation is 1. The number of hydrogen-bond acceptors (Lipinski definition) is 2. The zero-order valence-corrected chi connectivity index (χ0v) is 9.48. The molecule has 0 aromatic carbocycles. The molecule has 1 aromatic rings. The molecule has 1 N–H and O–H groups in total. The molecule has 4 nitrogen and oxygen atoms in total. The summed E-state index contributed by atoms with van der Waals surface area (Å²) >= 11 is 0. The van der Waals surface area contributed by atoms with E-state index in [4.69, 9.17) is 9.84 Å². The van der Waals surface area contributed by atoms with Crippen LogP contribution in [0.25, 0.3) is 0 Å². The van der Waals surface area contributed by atoms with Crippen molar-refractivity contribution in [1.29, 1.82) is 0 Å². The van der Waals surface area contributed by atoms with Crippen molar-refractivity contribution in [2.45, 2.75) is 38.8 Å². The van der Waals surface area contributed by atoms with E-state index >= 15 is 0 Å². The number of rotatable bonds is 3. The van der Waals surface area contributed by atoms with Crippen molar-refractivity contribution in [2.24, 2.45) is 0 Å². The van der Waals surface area contributed by atoms with Gasteiger partial charge in [0.05, 0.1) is 6.10 Å². The van der Waals surface area contributed by atoms with Gasteiger partial charge in [-0.3, -0.25) is 0 Å². The van der Waals surface area contributed by atoms with Crippen LogP contribution < -0.4 is 0 Å². The average Bonchev–Trinajstić information content (AvgIpc) is 2.61. The van der Waals surface area contributed by atoms with Crippen LogP contribution in [0.15, 0.2) is 12.3 Å². The molecular formula is C12H17NO3. The molecule has 0 radical (unpaired) electrons. The zero-order chi connectivity index (χ0) is 11.5. The maximum atomic E-state index is 11.1. The first-order valence-corrected chi connectivity index (χ1v) is 5.69. The van der Waals surface area contributed by atoms with E-state index in [2.05, 4.69) is 0 Å². The van der Waals surface area contributed by atoms with Crippen molar-refractivity contribution in [2.75, 3.05) is 6.61 Å². The number of carboxylic acid groups (broad SMARTS) is 1. The van der Waals surface area contributed by atoms with E-state index in [-0.39, 0.29) is 6.10 Å². The number of carbonyl (C=O) groups is 1. The lowest BCUT2D eigenvalue weighted by molar-refractivity contribution is 0.00544. The molecule has 0 bridgehead atoms. The van der Waals surface area contributed by atoms with Gasteiger partial charge in [0.15, 0.2) is 0 Å². The Labute approximate surface area is 94.8 Å². The maximum Gasteiger partial charge on any atom is 0.352 e. The minimum atomic E-state index is -0.863. The van der Waals surface area contributed by atoms with Crippen LogP contribution in [0, 0.1) is 6.92 Å². The van der Waals surface area contributed by atoms with Gasteiger partial charge in [-0.25, -0.2) is 4.79 Å². The zero-order valence-electron chi connectivity index (χ0n) is 9.48. The quantitative estimate of drug-likeness (QED) is 0.853. The van der Waals surface area contributed by atoms with Gasteiger partial charge in [-0.2, -0.15) is 0 Å². The Kier molecular flexibility index (Phi) is 3.29. The maximum absolute atomic E-state index is 11.1. The number of aromatic carboxylic acids is 1. The van der Waals surface area contributed by atoms with Gasteiger partial charge in [-0.05, 0) is 37.8 Å². The van der Waals surface area contributed by atoms with Gasteiger partial charge in [-0.15, -0.1) is 0 Å². The minimum Gasteiger partial charge on any atom is -0.477 e. The van der Waals surface area contributed by atoms with E-state index < -0.39 is 5.97 Å². The summed E-state index contributed by atoms with van der Waals surface area (Å²) < 4.78 is 7.40. The molecule has 1 unspecified atom stereocenters. The van der Waals surface area contributed by atoms with Gasteiger partial charge < -0.3 is 14.4 Å². The van der Waals surface area contributed by atoms with Crippen molar-refractivity contribution in [3.05, 3.63) is 23.5 Å². The number of aromatic nitrogens is 1. The van der Waals surface area contributed by atoms with Crippen molar-refractivity contribution in [3.8, 4) is 0 Å². The highest BCUT2D eigenvalue weighted by Gasteiger charge is 2.19. The Bertz CT molecular complexity index is 378. The van der Waals surface area contributed by atoms with Crippen molar-refractivity contribution >= 4 is 5.97 Å². The summed E-state index contributed by atoms with van der Waals surface area (Å²) in [5, 5.41) is 9.10. The first kappa shape index (κ1) is 11.2. The molecule has 4 heteroatoms. The highest BCUT2D eigenvalue weighted by molar-refractivity contribution is 5.87. The molecule has 16 heavy (non-hydrogen) atoms. The Balaban J connectivity index is 2.11. The number of nitrogens with zero attached hydrogens (tertiary/aromatic N) is 1. The van der Waals surface area contributed by atoms with Crippen LogP contribution in [-0.2, 0) is 11.3 Å². The van der Waals surface area contributed by atoms with Crippen molar-refractivity contribution in [1.82, 2.24) is 4.57 Å².